The minimum atomic E-state index is -0.0177. The van der Waals surface area contributed by atoms with Crippen LogP contribution in [-0.4, -0.2) is 17.4 Å². The van der Waals surface area contributed by atoms with Gasteiger partial charge < -0.3 is 11.1 Å². The van der Waals surface area contributed by atoms with Crippen LogP contribution in [0.4, 0.5) is 0 Å². The SMILES string of the molecule is CCC(=O)NC1=CC[C@H]2N[C@@H](N)SC2=C1. The van der Waals surface area contributed by atoms with Crippen molar-refractivity contribution in [3.63, 3.8) is 0 Å². The largest absolute Gasteiger partial charge is 0.326 e. The van der Waals surface area contributed by atoms with Gasteiger partial charge in [0.2, 0.25) is 5.91 Å². The highest BCUT2D eigenvalue weighted by Crippen LogP contribution is 2.33. The summed E-state index contributed by atoms with van der Waals surface area (Å²) in [6.07, 6.45) is 5.44. The molecule has 82 valence electrons. The van der Waals surface area contributed by atoms with Crippen molar-refractivity contribution >= 4 is 17.7 Å². The molecule has 0 spiro atoms. The van der Waals surface area contributed by atoms with E-state index in [4.69, 9.17) is 5.73 Å². The second kappa shape index (κ2) is 4.38. The second-order valence-electron chi connectivity index (χ2n) is 3.60. The number of carbonyl (C=O) groups is 1. The van der Waals surface area contributed by atoms with Crippen molar-refractivity contribution in [1.82, 2.24) is 10.6 Å². The number of nitrogens with one attached hydrogen (secondary N) is 2. The van der Waals surface area contributed by atoms with Crippen molar-refractivity contribution in [2.24, 2.45) is 5.73 Å². The molecule has 0 saturated carbocycles. The van der Waals surface area contributed by atoms with Gasteiger partial charge in [-0.25, -0.2) is 0 Å². The quantitative estimate of drug-likeness (QED) is 0.645. The van der Waals surface area contributed by atoms with E-state index in [1.807, 2.05) is 19.1 Å². The molecule has 1 fully saturated rings. The smallest absolute Gasteiger partial charge is 0.224 e. The Kier molecular flexibility index (Phi) is 3.14. The van der Waals surface area contributed by atoms with Crippen LogP contribution in [0.2, 0.25) is 0 Å². The molecule has 2 aliphatic rings. The molecule has 1 aliphatic heterocycles. The number of amides is 1. The van der Waals surface area contributed by atoms with Crippen LogP contribution >= 0.6 is 11.8 Å². The number of hydrogen-bond donors (Lipinski definition) is 3. The van der Waals surface area contributed by atoms with E-state index in [9.17, 15) is 4.79 Å². The monoisotopic (exact) mass is 225 g/mol. The first-order valence-electron chi connectivity index (χ1n) is 5.09. The first-order valence-corrected chi connectivity index (χ1v) is 5.97. The number of carbonyl (C=O) groups excluding carboxylic acids is 1. The van der Waals surface area contributed by atoms with Crippen molar-refractivity contribution in [3.8, 4) is 0 Å². The lowest BCUT2D eigenvalue weighted by molar-refractivity contribution is -0.120. The Morgan fingerprint density at radius 1 is 1.80 bits per heavy atom. The first kappa shape index (κ1) is 10.7. The second-order valence-corrected chi connectivity index (χ2v) is 4.82. The van der Waals surface area contributed by atoms with E-state index in [2.05, 4.69) is 10.6 Å². The van der Waals surface area contributed by atoms with E-state index in [1.54, 1.807) is 11.8 Å². The van der Waals surface area contributed by atoms with Crippen LogP contribution in [0.25, 0.3) is 0 Å². The molecular weight excluding hydrogens is 210 g/mol. The van der Waals surface area contributed by atoms with Crippen LogP contribution in [0, 0.1) is 0 Å². The highest BCUT2D eigenvalue weighted by molar-refractivity contribution is 8.03. The molecular formula is C10H15N3OS. The summed E-state index contributed by atoms with van der Waals surface area (Å²) >= 11 is 1.62. The Morgan fingerprint density at radius 2 is 2.60 bits per heavy atom. The van der Waals surface area contributed by atoms with Crippen molar-refractivity contribution in [2.75, 3.05) is 0 Å². The van der Waals surface area contributed by atoms with Crippen molar-refractivity contribution in [1.29, 1.82) is 0 Å². The molecule has 1 heterocycles. The summed E-state index contributed by atoms with van der Waals surface area (Å²) in [4.78, 5) is 12.4. The maximum absolute atomic E-state index is 11.2. The van der Waals surface area contributed by atoms with E-state index in [-0.39, 0.29) is 11.4 Å². The van der Waals surface area contributed by atoms with E-state index in [0.29, 0.717) is 12.5 Å². The Labute approximate surface area is 93.4 Å². The number of allylic oxidation sites excluding steroid dienone is 1. The van der Waals surface area contributed by atoms with Crippen LogP contribution in [0.3, 0.4) is 0 Å². The van der Waals surface area contributed by atoms with Gasteiger partial charge in [0.15, 0.2) is 0 Å². The summed E-state index contributed by atoms with van der Waals surface area (Å²) < 4.78 is 0. The van der Waals surface area contributed by atoms with Crippen molar-refractivity contribution in [3.05, 3.63) is 22.8 Å². The predicted octanol–water partition coefficient (Wildman–Crippen LogP) is 0.631. The summed E-state index contributed by atoms with van der Waals surface area (Å²) in [7, 11) is 0. The molecule has 2 atom stereocenters. The zero-order valence-corrected chi connectivity index (χ0v) is 9.43. The lowest BCUT2D eigenvalue weighted by atomic mass is 10.1. The molecule has 15 heavy (non-hydrogen) atoms. The maximum Gasteiger partial charge on any atom is 0.224 e. The van der Waals surface area contributed by atoms with Gasteiger partial charge in [-0.2, -0.15) is 0 Å². The summed E-state index contributed by atoms with van der Waals surface area (Å²) in [5.41, 5.74) is 6.65. The third-order valence-electron chi connectivity index (χ3n) is 2.45. The fraction of sp³-hybridized carbons (Fsp3) is 0.500. The number of nitrogens with two attached hydrogens (primary N) is 1. The summed E-state index contributed by atoms with van der Waals surface area (Å²) in [6.45, 7) is 1.84. The lowest BCUT2D eigenvalue weighted by Gasteiger charge is -2.16. The van der Waals surface area contributed by atoms with Gasteiger partial charge in [0.25, 0.3) is 0 Å². The van der Waals surface area contributed by atoms with Crippen LogP contribution in [-0.2, 0) is 4.79 Å². The van der Waals surface area contributed by atoms with E-state index in [1.165, 1.54) is 4.91 Å². The topological polar surface area (TPSA) is 67.2 Å². The van der Waals surface area contributed by atoms with Crippen molar-refractivity contribution < 1.29 is 4.79 Å². The fourth-order valence-electron chi connectivity index (χ4n) is 1.66. The Hall–Kier alpha value is -0.780. The van der Waals surface area contributed by atoms with Gasteiger partial charge in [0, 0.05) is 23.1 Å². The van der Waals surface area contributed by atoms with Gasteiger partial charge in [-0.1, -0.05) is 24.8 Å². The molecule has 0 radical (unpaired) electrons. The van der Waals surface area contributed by atoms with Gasteiger partial charge in [-0.05, 0) is 12.5 Å². The molecule has 0 unspecified atom stereocenters. The van der Waals surface area contributed by atoms with E-state index >= 15 is 0 Å². The molecule has 0 aromatic carbocycles. The summed E-state index contributed by atoms with van der Waals surface area (Å²) in [5, 5.41) is 6.12. The predicted molar refractivity (Wildman–Crippen MR) is 61.7 cm³/mol. The third kappa shape index (κ3) is 2.42. The molecule has 5 heteroatoms. The molecule has 1 saturated heterocycles. The van der Waals surface area contributed by atoms with Crippen LogP contribution in [0.1, 0.15) is 19.8 Å². The molecule has 1 amide bonds. The van der Waals surface area contributed by atoms with Gasteiger partial charge in [0.1, 0.15) is 5.50 Å². The number of hydrogen-bond acceptors (Lipinski definition) is 4. The third-order valence-corrected chi connectivity index (χ3v) is 3.51. The van der Waals surface area contributed by atoms with Gasteiger partial charge in [-0.15, -0.1) is 0 Å². The summed E-state index contributed by atoms with van der Waals surface area (Å²) in [6, 6.07) is 0.340. The zero-order valence-electron chi connectivity index (χ0n) is 8.62. The van der Waals surface area contributed by atoms with Gasteiger partial charge in [0.05, 0.1) is 0 Å². The van der Waals surface area contributed by atoms with Gasteiger partial charge >= 0.3 is 0 Å². The molecule has 4 N–H and O–H groups in total. The Morgan fingerprint density at radius 3 is 3.33 bits per heavy atom. The number of thioether (sulfide) groups is 1. The maximum atomic E-state index is 11.2. The zero-order chi connectivity index (χ0) is 10.8. The Balaban J connectivity index is 2.02. The van der Waals surface area contributed by atoms with E-state index in [0.717, 1.165) is 12.1 Å². The number of fused-ring (bicyclic) bond motifs is 1. The minimum Gasteiger partial charge on any atom is -0.326 e. The normalized spacial score (nSPS) is 29.2. The van der Waals surface area contributed by atoms with Crippen LogP contribution in [0.5, 0.6) is 0 Å². The standard InChI is InChI=1S/C10H15N3OS/c1-2-9(14)12-6-3-4-7-8(5-6)15-10(11)13-7/h3,5,7,10,13H,2,4,11H2,1H3,(H,12,14)/t7-,10-/m1/s1. The molecule has 0 aromatic rings. The van der Waals surface area contributed by atoms with Crippen molar-refractivity contribution in [2.45, 2.75) is 31.3 Å². The molecule has 1 aliphatic carbocycles. The number of rotatable bonds is 2. The average Bonchev–Trinajstić information content (AvgIpc) is 2.57. The van der Waals surface area contributed by atoms with Crippen LogP contribution < -0.4 is 16.4 Å². The van der Waals surface area contributed by atoms with Gasteiger partial charge in [-0.3, -0.25) is 10.1 Å². The fourth-order valence-corrected chi connectivity index (χ4v) is 2.70. The Bertz CT molecular complexity index is 338. The highest BCUT2D eigenvalue weighted by Gasteiger charge is 2.28. The van der Waals surface area contributed by atoms with Crippen LogP contribution in [0.15, 0.2) is 22.8 Å². The average molecular weight is 225 g/mol. The first-order chi connectivity index (χ1) is 7.19. The summed E-state index contributed by atoms with van der Waals surface area (Å²) in [5.74, 6) is 0.0526. The lowest BCUT2D eigenvalue weighted by Crippen LogP contribution is -2.35. The molecule has 0 aromatic heterocycles. The highest BCUT2D eigenvalue weighted by atomic mass is 32.2. The van der Waals surface area contributed by atoms with E-state index < -0.39 is 0 Å². The molecule has 2 rings (SSSR count). The molecule has 4 nitrogen and oxygen atoms in total. The minimum absolute atomic E-state index is 0.0177. The molecule has 0 bridgehead atoms.